The smallest absolute Gasteiger partial charge is 0.163 e. The van der Waals surface area contributed by atoms with Gasteiger partial charge in [0, 0.05) is 18.0 Å². The minimum Gasteiger partial charge on any atom is -0.507 e. The Morgan fingerprint density at radius 3 is 2.89 bits per heavy atom. The number of Topliss-reactive ketones (excluding diaryl/α,β-unsaturated/α-hetero) is 1. The first-order valence-corrected chi connectivity index (χ1v) is 5.52. The van der Waals surface area contributed by atoms with E-state index in [2.05, 4.69) is 4.98 Å². The summed E-state index contributed by atoms with van der Waals surface area (Å²) in [5.74, 6) is 0.317. The summed E-state index contributed by atoms with van der Waals surface area (Å²) in [7, 11) is 0. The fourth-order valence-corrected chi connectivity index (χ4v) is 1.54. The van der Waals surface area contributed by atoms with Crippen LogP contribution in [-0.4, -0.2) is 15.9 Å². The van der Waals surface area contributed by atoms with Gasteiger partial charge in [0.25, 0.3) is 0 Å². The molecule has 0 bridgehead atoms. The Labute approximate surface area is 105 Å². The van der Waals surface area contributed by atoms with E-state index in [4.69, 9.17) is 4.74 Å². The summed E-state index contributed by atoms with van der Waals surface area (Å²) in [5, 5.41) is 9.50. The van der Waals surface area contributed by atoms with Gasteiger partial charge in [-0.25, -0.2) is 0 Å². The van der Waals surface area contributed by atoms with Crippen molar-refractivity contribution in [3.8, 4) is 11.5 Å². The van der Waals surface area contributed by atoms with Gasteiger partial charge < -0.3 is 9.84 Å². The molecule has 0 spiro atoms. The van der Waals surface area contributed by atoms with E-state index < -0.39 is 0 Å². The number of hydrogen-bond acceptors (Lipinski definition) is 4. The zero-order valence-electron chi connectivity index (χ0n) is 9.96. The summed E-state index contributed by atoms with van der Waals surface area (Å²) in [5.41, 5.74) is 1.20. The van der Waals surface area contributed by atoms with Crippen LogP contribution in [0.25, 0.3) is 0 Å². The molecule has 0 atom stereocenters. The molecule has 4 heteroatoms. The standard InChI is InChI=1S/C14H13NO3/c1-10(16)13-7-12(4-5-14(13)17)18-9-11-3-2-6-15-8-11/h2-8,17H,9H2,1H3. The first-order chi connectivity index (χ1) is 8.66. The molecule has 0 saturated carbocycles. The third-order valence-corrected chi connectivity index (χ3v) is 2.48. The van der Waals surface area contributed by atoms with Crippen molar-refractivity contribution in [1.29, 1.82) is 0 Å². The molecule has 0 amide bonds. The Morgan fingerprint density at radius 1 is 1.39 bits per heavy atom. The van der Waals surface area contributed by atoms with E-state index in [1.165, 1.54) is 19.1 Å². The normalized spacial score (nSPS) is 10.1. The van der Waals surface area contributed by atoms with Crippen molar-refractivity contribution < 1.29 is 14.6 Å². The zero-order valence-corrected chi connectivity index (χ0v) is 9.96. The van der Waals surface area contributed by atoms with Gasteiger partial charge in [0.15, 0.2) is 5.78 Å². The Kier molecular flexibility index (Phi) is 3.57. The molecular formula is C14H13NO3. The number of hydrogen-bond donors (Lipinski definition) is 1. The van der Waals surface area contributed by atoms with Crippen molar-refractivity contribution >= 4 is 5.78 Å². The minimum absolute atomic E-state index is 0.0313. The van der Waals surface area contributed by atoms with E-state index in [1.807, 2.05) is 12.1 Å². The van der Waals surface area contributed by atoms with Gasteiger partial charge in [-0.05, 0) is 31.2 Å². The predicted molar refractivity (Wildman–Crippen MR) is 66.7 cm³/mol. The van der Waals surface area contributed by atoms with Crippen LogP contribution in [-0.2, 0) is 6.61 Å². The Bertz CT molecular complexity index is 552. The first kappa shape index (κ1) is 12.1. The van der Waals surface area contributed by atoms with E-state index >= 15 is 0 Å². The van der Waals surface area contributed by atoms with E-state index in [1.54, 1.807) is 18.5 Å². The van der Waals surface area contributed by atoms with Crippen molar-refractivity contribution in [1.82, 2.24) is 4.98 Å². The van der Waals surface area contributed by atoms with Gasteiger partial charge in [0.2, 0.25) is 0 Å². The number of rotatable bonds is 4. The third-order valence-electron chi connectivity index (χ3n) is 2.48. The van der Waals surface area contributed by atoms with E-state index in [0.717, 1.165) is 5.56 Å². The third kappa shape index (κ3) is 2.85. The maximum Gasteiger partial charge on any atom is 0.163 e. The second-order valence-electron chi connectivity index (χ2n) is 3.89. The molecule has 0 saturated heterocycles. The molecule has 18 heavy (non-hydrogen) atoms. The number of nitrogens with zero attached hydrogens (tertiary/aromatic N) is 1. The maximum atomic E-state index is 11.3. The van der Waals surface area contributed by atoms with Gasteiger partial charge >= 0.3 is 0 Å². The van der Waals surface area contributed by atoms with Crippen LogP contribution < -0.4 is 4.74 Å². The molecule has 1 N–H and O–H groups in total. The lowest BCUT2D eigenvalue weighted by Crippen LogP contribution is -1.98. The molecule has 2 rings (SSSR count). The van der Waals surface area contributed by atoms with Crippen molar-refractivity contribution in [3.05, 3.63) is 53.9 Å². The van der Waals surface area contributed by atoms with Crippen molar-refractivity contribution in [3.63, 3.8) is 0 Å². The molecule has 92 valence electrons. The summed E-state index contributed by atoms with van der Waals surface area (Å²) in [4.78, 5) is 15.2. The summed E-state index contributed by atoms with van der Waals surface area (Å²) in [6, 6.07) is 8.34. The summed E-state index contributed by atoms with van der Waals surface area (Å²) in [6.07, 6.45) is 3.41. The predicted octanol–water partition coefficient (Wildman–Crippen LogP) is 2.57. The lowest BCUT2D eigenvalue weighted by molar-refractivity contribution is 0.101. The molecule has 0 radical (unpaired) electrons. The number of phenols is 1. The quantitative estimate of drug-likeness (QED) is 0.838. The van der Waals surface area contributed by atoms with Crippen LogP contribution >= 0.6 is 0 Å². The second-order valence-corrected chi connectivity index (χ2v) is 3.89. The van der Waals surface area contributed by atoms with Gasteiger partial charge in [-0.3, -0.25) is 9.78 Å². The Balaban J connectivity index is 2.11. The molecule has 4 nitrogen and oxygen atoms in total. The van der Waals surface area contributed by atoms with Crippen LogP contribution in [0, 0.1) is 0 Å². The molecule has 1 heterocycles. The molecule has 0 fully saturated rings. The summed E-state index contributed by atoms with van der Waals surface area (Å²) >= 11 is 0. The average molecular weight is 243 g/mol. The summed E-state index contributed by atoms with van der Waals surface area (Å²) in [6.45, 7) is 1.77. The number of carbonyl (C=O) groups is 1. The number of pyridine rings is 1. The largest absolute Gasteiger partial charge is 0.507 e. The highest BCUT2D eigenvalue weighted by atomic mass is 16.5. The van der Waals surface area contributed by atoms with Gasteiger partial charge in [0.05, 0.1) is 5.56 Å². The van der Waals surface area contributed by atoms with E-state index in [-0.39, 0.29) is 17.1 Å². The molecule has 0 aliphatic carbocycles. The molecule has 1 aromatic heterocycles. The zero-order chi connectivity index (χ0) is 13.0. The van der Waals surface area contributed by atoms with Crippen LogP contribution in [0.4, 0.5) is 0 Å². The van der Waals surface area contributed by atoms with Gasteiger partial charge in [-0.15, -0.1) is 0 Å². The molecule has 2 aromatic rings. The highest BCUT2D eigenvalue weighted by Crippen LogP contribution is 2.23. The SMILES string of the molecule is CC(=O)c1cc(OCc2cccnc2)ccc1O. The minimum atomic E-state index is -0.195. The number of benzene rings is 1. The lowest BCUT2D eigenvalue weighted by Gasteiger charge is -2.08. The van der Waals surface area contributed by atoms with Crippen LogP contribution in [0.2, 0.25) is 0 Å². The molecule has 0 unspecified atom stereocenters. The van der Waals surface area contributed by atoms with Crippen molar-refractivity contribution in [2.75, 3.05) is 0 Å². The summed E-state index contributed by atoms with van der Waals surface area (Å²) < 4.78 is 5.53. The van der Waals surface area contributed by atoms with Gasteiger partial charge in [0.1, 0.15) is 18.1 Å². The Hall–Kier alpha value is -2.36. The number of carbonyl (C=O) groups excluding carboxylic acids is 1. The van der Waals surface area contributed by atoms with Gasteiger partial charge in [-0.1, -0.05) is 6.07 Å². The number of ketones is 1. The second kappa shape index (κ2) is 5.31. The molecule has 0 aliphatic rings. The number of phenolic OH excluding ortho intramolecular Hbond substituents is 1. The lowest BCUT2D eigenvalue weighted by atomic mass is 10.1. The first-order valence-electron chi connectivity index (χ1n) is 5.52. The van der Waals surface area contributed by atoms with E-state index in [0.29, 0.717) is 12.4 Å². The van der Waals surface area contributed by atoms with Crippen LogP contribution in [0.3, 0.4) is 0 Å². The van der Waals surface area contributed by atoms with Crippen LogP contribution in [0.15, 0.2) is 42.7 Å². The molecule has 0 aliphatic heterocycles. The fraction of sp³-hybridized carbons (Fsp3) is 0.143. The van der Waals surface area contributed by atoms with Crippen LogP contribution in [0.5, 0.6) is 11.5 Å². The highest BCUT2D eigenvalue weighted by molar-refractivity contribution is 5.97. The Morgan fingerprint density at radius 2 is 2.22 bits per heavy atom. The van der Waals surface area contributed by atoms with Crippen LogP contribution in [0.1, 0.15) is 22.8 Å². The molecule has 1 aromatic carbocycles. The highest BCUT2D eigenvalue weighted by Gasteiger charge is 2.08. The monoisotopic (exact) mass is 243 g/mol. The fourth-order valence-electron chi connectivity index (χ4n) is 1.54. The average Bonchev–Trinajstić information content (AvgIpc) is 2.38. The number of aromatic nitrogens is 1. The number of ether oxygens (including phenoxy) is 1. The molecular weight excluding hydrogens is 230 g/mol. The van der Waals surface area contributed by atoms with Crippen molar-refractivity contribution in [2.24, 2.45) is 0 Å². The topological polar surface area (TPSA) is 59.4 Å². The van der Waals surface area contributed by atoms with Crippen molar-refractivity contribution in [2.45, 2.75) is 13.5 Å². The maximum absolute atomic E-state index is 11.3. The number of aromatic hydroxyl groups is 1. The van der Waals surface area contributed by atoms with Gasteiger partial charge in [-0.2, -0.15) is 0 Å². The van der Waals surface area contributed by atoms with E-state index in [9.17, 15) is 9.90 Å².